The molecule has 0 bridgehead atoms. The van der Waals surface area contributed by atoms with Gasteiger partial charge in [0.2, 0.25) is 0 Å². The van der Waals surface area contributed by atoms with Crippen LogP contribution in [0.15, 0.2) is 84.4 Å². The Bertz CT molecular complexity index is 1250. The van der Waals surface area contributed by atoms with E-state index in [0.29, 0.717) is 37.4 Å². The average molecular weight is 472 g/mol. The Morgan fingerprint density at radius 2 is 1.46 bits per heavy atom. The Kier molecular flexibility index (Phi) is 7.35. The highest BCUT2D eigenvalue weighted by Crippen LogP contribution is 2.20. The van der Waals surface area contributed by atoms with Crippen molar-refractivity contribution in [1.29, 1.82) is 0 Å². The maximum Gasteiger partial charge on any atom is 0.261 e. The van der Waals surface area contributed by atoms with Crippen molar-refractivity contribution in [1.82, 2.24) is 4.90 Å². The molecule has 178 valence electrons. The van der Waals surface area contributed by atoms with Gasteiger partial charge in [-0.2, -0.15) is 0 Å². The van der Waals surface area contributed by atoms with Crippen LogP contribution >= 0.6 is 0 Å². The van der Waals surface area contributed by atoms with Gasteiger partial charge >= 0.3 is 0 Å². The zero-order valence-electron chi connectivity index (χ0n) is 19.4. The third-order valence-corrected chi connectivity index (χ3v) is 5.92. The minimum absolute atomic E-state index is 0.00918. The molecule has 1 aliphatic heterocycles. The number of benzene rings is 3. The van der Waals surface area contributed by atoms with E-state index < -0.39 is 17.6 Å². The molecule has 0 unspecified atom stereocenters. The third kappa shape index (κ3) is 5.81. The molecule has 1 heterocycles. The van der Waals surface area contributed by atoms with Gasteiger partial charge in [0.1, 0.15) is 11.4 Å². The molecule has 3 aromatic carbocycles. The van der Waals surface area contributed by atoms with Crippen molar-refractivity contribution in [3.8, 4) is 0 Å². The molecule has 0 atom stereocenters. The predicted molar refractivity (Wildman–Crippen MR) is 135 cm³/mol. The molecular formula is C28H26FN3O3. The second kappa shape index (κ2) is 10.8. The number of nitrogens with one attached hydrogen (secondary N) is 1. The topological polar surface area (TPSA) is 69.7 Å². The standard InChI is InChI=1S/C28H26FN3O3/c1-20(33)21-11-13-24(14-12-21)31-15-17-32(18-16-31)28(35)25(19-22-7-5-6-10-26(22)29)27(34)30-23-8-3-2-4-9-23/h2-14,19H,15-18H2,1H3,(H,30,34). The highest BCUT2D eigenvalue weighted by Gasteiger charge is 2.28. The largest absolute Gasteiger partial charge is 0.368 e. The number of para-hydroxylation sites is 1. The number of hydrogen-bond donors (Lipinski definition) is 1. The lowest BCUT2D eigenvalue weighted by Crippen LogP contribution is -2.50. The summed E-state index contributed by atoms with van der Waals surface area (Å²) in [5.74, 6) is -1.54. The molecule has 0 aromatic heterocycles. The first kappa shape index (κ1) is 23.9. The van der Waals surface area contributed by atoms with Crippen molar-refractivity contribution >= 4 is 35.0 Å². The van der Waals surface area contributed by atoms with Crippen LogP contribution in [0.1, 0.15) is 22.8 Å². The van der Waals surface area contributed by atoms with E-state index in [1.165, 1.54) is 25.1 Å². The minimum atomic E-state index is -0.591. The fourth-order valence-corrected chi connectivity index (χ4v) is 3.94. The molecular weight excluding hydrogens is 445 g/mol. The van der Waals surface area contributed by atoms with Gasteiger partial charge in [0.25, 0.3) is 11.8 Å². The Balaban J connectivity index is 1.51. The fourth-order valence-electron chi connectivity index (χ4n) is 3.94. The molecule has 1 fully saturated rings. The molecule has 0 radical (unpaired) electrons. The van der Waals surface area contributed by atoms with Crippen LogP contribution in [-0.4, -0.2) is 48.7 Å². The van der Waals surface area contributed by atoms with Gasteiger partial charge in [-0.15, -0.1) is 0 Å². The summed E-state index contributed by atoms with van der Waals surface area (Å²) in [6.07, 6.45) is 1.31. The van der Waals surface area contributed by atoms with Crippen molar-refractivity contribution in [3.05, 3.63) is 101 Å². The molecule has 6 nitrogen and oxygen atoms in total. The van der Waals surface area contributed by atoms with Crippen molar-refractivity contribution in [2.75, 3.05) is 36.4 Å². The van der Waals surface area contributed by atoms with E-state index in [0.717, 1.165) is 5.69 Å². The van der Waals surface area contributed by atoms with Crippen LogP contribution < -0.4 is 10.2 Å². The Morgan fingerprint density at radius 1 is 0.829 bits per heavy atom. The van der Waals surface area contributed by atoms with Gasteiger partial charge in [0.05, 0.1) is 0 Å². The quantitative estimate of drug-likeness (QED) is 0.250. The summed E-state index contributed by atoms with van der Waals surface area (Å²) in [4.78, 5) is 41.8. The van der Waals surface area contributed by atoms with Gasteiger partial charge in [-0.05, 0) is 55.5 Å². The Labute approximate surface area is 203 Å². The number of nitrogens with zero attached hydrogens (tertiary/aromatic N) is 2. The SMILES string of the molecule is CC(=O)c1ccc(N2CCN(C(=O)C(=Cc3ccccc3F)C(=O)Nc3ccccc3)CC2)cc1. The molecule has 1 N–H and O–H groups in total. The second-order valence-corrected chi connectivity index (χ2v) is 8.28. The lowest BCUT2D eigenvalue weighted by atomic mass is 10.1. The molecule has 1 saturated heterocycles. The molecule has 2 amide bonds. The van der Waals surface area contributed by atoms with Crippen molar-refractivity contribution in [3.63, 3.8) is 0 Å². The molecule has 0 saturated carbocycles. The van der Waals surface area contributed by atoms with E-state index in [4.69, 9.17) is 0 Å². The van der Waals surface area contributed by atoms with Crippen LogP contribution in [0.25, 0.3) is 6.08 Å². The number of ketones is 1. The van der Waals surface area contributed by atoms with E-state index in [2.05, 4.69) is 10.2 Å². The van der Waals surface area contributed by atoms with Gasteiger partial charge in [-0.1, -0.05) is 36.4 Å². The molecule has 1 aliphatic rings. The number of halogens is 1. The number of Topliss-reactive ketones (excluding diaryl/α,β-unsaturated/α-hetero) is 1. The molecule has 3 aromatic rings. The highest BCUT2D eigenvalue weighted by molar-refractivity contribution is 6.25. The van der Waals surface area contributed by atoms with E-state index >= 15 is 0 Å². The van der Waals surface area contributed by atoms with Crippen molar-refractivity contribution < 1.29 is 18.8 Å². The number of piperazine rings is 1. The maximum absolute atomic E-state index is 14.3. The van der Waals surface area contributed by atoms with Crippen LogP contribution in [0.2, 0.25) is 0 Å². The summed E-state index contributed by atoms with van der Waals surface area (Å²) in [7, 11) is 0. The molecule has 35 heavy (non-hydrogen) atoms. The maximum atomic E-state index is 14.3. The highest BCUT2D eigenvalue weighted by atomic mass is 19.1. The molecule has 7 heteroatoms. The summed E-state index contributed by atoms with van der Waals surface area (Å²) in [6, 6.07) is 22.2. The lowest BCUT2D eigenvalue weighted by molar-refractivity contribution is -0.129. The zero-order valence-corrected chi connectivity index (χ0v) is 19.4. The van der Waals surface area contributed by atoms with Gasteiger partial charge < -0.3 is 15.1 Å². The zero-order chi connectivity index (χ0) is 24.8. The number of amides is 2. The Hall–Kier alpha value is -4.26. The van der Waals surface area contributed by atoms with Gasteiger partial charge in [-0.25, -0.2) is 4.39 Å². The van der Waals surface area contributed by atoms with E-state index in [1.54, 1.807) is 53.4 Å². The van der Waals surface area contributed by atoms with Gasteiger partial charge in [0.15, 0.2) is 5.78 Å². The normalized spacial score (nSPS) is 13.9. The van der Waals surface area contributed by atoms with Crippen LogP contribution in [0.4, 0.5) is 15.8 Å². The number of carbonyl (C=O) groups is 3. The molecule has 0 spiro atoms. The van der Waals surface area contributed by atoms with Crippen LogP contribution in [-0.2, 0) is 9.59 Å². The molecule has 0 aliphatic carbocycles. The van der Waals surface area contributed by atoms with Crippen molar-refractivity contribution in [2.24, 2.45) is 0 Å². The third-order valence-electron chi connectivity index (χ3n) is 5.92. The van der Waals surface area contributed by atoms with Gasteiger partial charge in [0, 0.05) is 48.7 Å². The van der Waals surface area contributed by atoms with E-state index in [1.807, 2.05) is 18.2 Å². The first-order valence-corrected chi connectivity index (χ1v) is 11.4. The summed E-state index contributed by atoms with van der Waals surface area (Å²) >= 11 is 0. The number of rotatable bonds is 6. The minimum Gasteiger partial charge on any atom is -0.368 e. The van der Waals surface area contributed by atoms with Crippen molar-refractivity contribution in [2.45, 2.75) is 6.92 Å². The number of anilines is 2. The van der Waals surface area contributed by atoms with Crippen LogP contribution in [0.5, 0.6) is 0 Å². The lowest BCUT2D eigenvalue weighted by Gasteiger charge is -2.36. The summed E-state index contributed by atoms with van der Waals surface area (Å²) in [5, 5.41) is 2.74. The van der Waals surface area contributed by atoms with Gasteiger partial charge in [-0.3, -0.25) is 14.4 Å². The average Bonchev–Trinajstić information content (AvgIpc) is 2.88. The Morgan fingerprint density at radius 3 is 2.09 bits per heavy atom. The number of hydrogen-bond acceptors (Lipinski definition) is 4. The first-order valence-electron chi connectivity index (χ1n) is 11.4. The summed E-state index contributed by atoms with van der Waals surface area (Å²) in [5.41, 5.74) is 2.20. The van der Waals surface area contributed by atoms with Crippen LogP contribution in [0.3, 0.4) is 0 Å². The second-order valence-electron chi connectivity index (χ2n) is 8.28. The fraction of sp³-hybridized carbons (Fsp3) is 0.179. The van der Waals surface area contributed by atoms with E-state index in [9.17, 15) is 18.8 Å². The number of carbonyl (C=O) groups excluding carboxylic acids is 3. The van der Waals surface area contributed by atoms with E-state index in [-0.39, 0.29) is 16.9 Å². The monoisotopic (exact) mass is 471 g/mol. The smallest absolute Gasteiger partial charge is 0.261 e. The summed E-state index contributed by atoms with van der Waals surface area (Å²) in [6.45, 7) is 3.47. The predicted octanol–water partition coefficient (Wildman–Crippen LogP) is 4.40. The molecule has 4 rings (SSSR count). The van der Waals surface area contributed by atoms with Crippen LogP contribution in [0, 0.1) is 5.82 Å². The summed E-state index contributed by atoms with van der Waals surface area (Å²) < 4.78 is 14.3. The first-order chi connectivity index (χ1) is 16.9.